The fraction of sp³-hybridized carbons (Fsp3) is 0.769. The van der Waals surface area contributed by atoms with Gasteiger partial charge in [0.1, 0.15) is 0 Å². The second-order valence-electron chi connectivity index (χ2n) is 5.42. The summed E-state index contributed by atoms with van der Waals surface area (Å²) in [5.74, 6) is 0.206. The molecule has 0 unspecified atom stereocenters. The second kappa shape index (κ2) is 8.16. The lowest BCUT2D eigenvalue weighted by Crippen LogP contribution is -2.43. The van der Waals surface area contributed by atoms with Crippen LogP contribution in [0.25, 0.3) is 0 Å². The molecule has 6 nitrogen and oxygen atoms in total. The number of rotatable bonds is 7. The van der Waals surface area contributed by atoms with Gasteiger partial charge in [-0.05, 0) is 31.8 Å². The van der Waals surface area contributed by atoms with Gasteiger partial charge in [-0.15, -0.1) is 0 Å². The molecule has 2 amide bonds. The van der Waals surface area contributed by atoms with Gasteiger partial charge in [0.05, 0.1) is 11.5 Å². The Morgan fingerprint density at radius 2 is 1.90 bits per heavy atom. The van der Waals surface area contributed by atoms with E-state index in [0.29, 0.717) is 36.8 Å². The molecule has 0 aliphatic carbocycles. The zero-order valence-corrected chi connectivity index (χ0v) is 12.8. The molecule has 7 heteroatoms. The fourth-order valence-corrected chi connectivity index (χ4v) is 2.44. The normalized spacial score (nSPS) is 16.9. The van der Waals surface area contributed by atoms with E-state index in [9.17, 15) is 9.59 Å². The monoisotopic (exact) mass is 300 g/mol. The number of thiocarbonyl (C=S) groups is 1. The summed E-state index contributed by atoms with van der Waals surface area (Å²) >= 11 is 4.80. The van der Waals surface area contributed by atoms with Crippen LogP contribution in [-0.4, -0.2) is 59.8 Å². The predicted octanol–water partition coefficient (Wildman–Crippen LogP) is -0.292. The fourth-order valence-electron chi connectivity index (χ4n) is 2.35. The Labute approximate surface area is 125 Å². The highest BCUT2D eigenvalue weighted by Crippen LogP contribution is 2.19. The number of carbonyl (C=O) groups is 2. The molecule has 0 aromatic heterocycles. The number of nitrogens with zero attached hydrogens (tertiary/aromatic N) is 2. The van der Waals surface area contributed by atoms with Crippen molar-refractivity contribution >= 4 is 29.0 Å². The Bertz CT molecular complexity index is 367. The molecule has 0 saturated carbocycles. The third-order valence-corrected chi connectivity index (χ3v) is 3.88. The van der Waals surface area contributed by atoms with Gasteiger partial charge in [0.2, 0.25) is 11.8 Å². The molecule has 1 aliphatic heterocycles. The lowest BCUT2D eigenvalue weighted by atomic mass is 9.93. The molecule has 0 atom stereocenters. The Kier molecular flexibility index (Phi) is 6.87. The topological polar surface area (TPSA) is 92.7 Å². The standard InChI is InChI=1S/C13H24N4O2S/c1-16(5-4-12(15)20)13(19)9-17-6-2-10(3-7-17)8-11(14)18/h10H,2-9H2,1H3,(H2,14,18)(H2,15,20). The van der Waals surface area contributed by atoms with Crippen molar-refractivity contribution in [3.05, 3.63) is 0 Å². The molecule has 0 bridgehead atoms. The first-order valence-electron chi connectivity index (χ1n) is 6.91. The number of hydrogen-bond acceptors (Lipinski definition) is 4. The predicted molar refractivity (Wildman–Crippen MR) is 82.0 cm³/mol. The van der Waals surface area contributed by atoms with E-state index in [1.165, 1.54) is 0 Å². The number of likely N-dealkylation sites (N-methyl/N-ethyl adjacent to an activating group) is 1. The van der Waals surface area contributed by atoms with Crippen molar-refractivity contribution in [3.63, 3.8) is 0 Å². The van der Waals surface area contributed by atoms with Crippen molar-refractivity contribution in [2.45, 2.75) is 25.7 Å². The Morgan fingerprint density at radius 1 is 1.30 bits per heavy atom. The molecule has 0 aromatic rings. The number of piperidine rings is 1. The van der Waals surface area contributed by atoms with E-state index in [-0.39, 0.29) is 11.8 Å². The van der Waals surface area contributed by atoms with E-state index in [1.54, 1.807) is 11.9 Å². The number of primary amides is 1. The van der Waals surface area contributed by atoms with Crippen LogP contribution in [0.2, 0.25) is 0 Å². The largest absolute Gasteiger partial charge is 0.393 e. The third-order valence-electron chi connectivity index (χ3n) is 3.68. The van der Waals surface area contributed by atoms with Gasteiger partial charge in [-0.3, -0.25) is 14.5 Å². The lowest BCUT2D eigenvalue weighted by molar-refractivity contribution is -0.131. The summed E-state index contributed by atoms with van der Waals surface area (Å²) in [6, 6.07) is 0. The van der Waals surface area contributed by atoms with Crippen molar-refractivity contribution in [2.75, 3.05) is 33.2 Å². The molecule has 1 saturated heterocycles. The number of amides is 2. The van der Waals surface area contributed by atoms with Gasteiger partial charge < -0.3 is 16.4 Å². The number of carbonyl (C=O) groups excluding carboxylic acids is 2. The zero-order valence-electron chi connectivity index (χ0n) is 12.0. The summed E-state index contributed by atoms with van der Waals surface area (Å²) in [6.07, 6.45) is 2.85. The minimum absolute atomic E-state index is 0.0783. The first-order valence-corrected chi connectivity index (χ1v) is 7.32. The average Bonchev–Trinajstić information content (AvgIpc) is 2.37. The maximum atomic E-state index is 12.0. The van der Waals surface area contributed by atoms with Gasteiger partial charge in [0, 0.05) is 26.4 Å². The van der Waals surface area contributed by atoms with Crippen LogP contribution < -0.4 is 11.5 Å². The van der Waals surface area contributed by atoms with Crippen molar-refractivity contribution in [3.8, 4) is 0 Å². The summed E-state index contributed by atoms with van der Waals surface area (Å²) in [7, 11) is 1.76. The highest BCUT2D eigenvalue weighted by Gasteiger charge is 2.22. The molecule has 1 rings (SSSR count). The SMILES string of the molecule is CN(CCC(N)=S)C(=O)CN1CCC(CC(N)=O)CC1. The van der Waals surface area contributed by atoms with Crippen molar-refractivity contribution < 1.29 is 9.59 Å². The van der Waals surface area contributed by atoms with Crippen LogP contribution in [-0.2, 0) is 9.59 Å². The maximum Gasteiger partial charge on any atom is 0.236 e. The molecule has 4 N–H and O–H groups in total. The Morgan fingerprint density at radius 3 is 2.40 bits per heavy atom. The summed E-state index contributed by atoms with van der Waals surface area (Å²) in [6.45, 7) is 2.66. The minimum Gasteiger partial charge on any atom is -0.393 e. The van der Waals surface area contributed by atoms with E-state index < -0.39 is 0 Å². The second-order valence-corrected chi connectivity index (χ2v) is 5.95. The molecule has 114 valence electrons. The van der Waals surface area contributed by atoms with E-state index in [4.69, 9.17) is 23.7 Å². The summed E-state index contributed by atoms with van der Waals surface area (Å²) in [4.78, 5) is 27.1. The van der Waals surface area contributed by atoms with Gasteiger partial charge >= 0.3 is 0 Å². The number of likely N-dealkylation sites (tertiary alicyclic amines) is 1. The molecule has 20 heavy (non-hydrogen) atoms. The minimum atomic E-state index is -0.239. The summed E-state index contributed by atoms with van der Waals surface area (Å²) in [5.41, 5.74) is 10.6. The molecule has 1 heterocycles. The zero-order chi connectivity index (χ0) is 15.1. The van der Waals surface area contributed by atoms with Crippen LogP contribution in [0.1, 0.15) is 25.7 Å². The quantitative estimate of drug-likeness (QED) is 0.630. The van der Waals surface area contributed by atoms with Gasteiger partial charge in [0.15, 0.2) is 0 Å². The van der Waals surface area contributed by atoms with E-state index >= 15 is 0 Å². The van der Waals surface area contributed by atoms with Crippen molar-refractivity contribution in [1.29, 1.82) is 0 Å². The molecular formula is C13H24N4O2S. The molecule has 1 fully saturated rings. The average molecular weight is 300 g/mol. The van der Waals surface area contributed by atoms with Gasteiger partial charge in [-0.25, -0.2) is 0 Å². The first kappa shape index (κ1) is 16.8. The number of nitrogens with two attached hydrogens (primary N) is 2. The van der Waals surface area contributed by atoms with Crippen LogP contribution in [0.3, 0.4) is 0 Å². The third kappa shape index (κ3) is 6.29. The molecule has 0 radical (unpaired) electrons. The van der Waals surface area contributed by atoms with Gasteiger partial charge in [-0.1, -0.05) is 12.2 Å². The maximum absolute atomic E-state index is 12.0. The molecule has 0 spiro atoms. The molecule has 1 aliphatic rings. The van der Waals surface area contributed by atoms with E-state index in [0.717, 1.165) is 25.9 Å². The van der Waals surface area contributed by atoms with Crippen LogP contribution in [0.4, 0.5) is 0 Å². The smallest absolute Gasteiger partial charge is 0.236 e. The van der Waals surface area contributed by atoms with Crippen molar-refractivity contribution in [1.82, 2.24) is 9.80 Å². The van der Waals surface area contributed by atoms with E-state index in [1.807, 2.05) is 0 Å². The summed E-state index contributed by atoms with van der Waals surface area (Å²) < 4.78 is 0. The summed E-state index contributed by atoms with van der Waals surface area (Å²) in [5, 5.41) is 0. The molecular weight excluding hydrogens is 276 g/mol. The van der Waals surface area contributed by atoms with Gasteiger partial charge in [0.25, 0.3) is 0 Å². The lowest BCUT2D eigenvalue weighted by Gasteiger charge is -2.32. The van der Waals surface area contributed by atoms with E-state index in [2.05, 4.69) is 4.90 Å². The van der Waals surface area contributed by atoms with Crippen LogP contribution in [0.5, 0.6) is 0 Å². The molecule has 0 aromatic carbocycles. The van der Waals surface area contributed by atoms with Crippen LogP contribution in [0, 0.1) is 5.92 Å². The van der Waals surface area contributed by atoms with Crippen LogP contribution >= 0.6 is 12.2 Å². The van der Waals surface area contributed by atoms with Crippen LogP contribution in [0.15, 0.2) is 0 Å². The number of hydrogen-bond donors (Lipinski definition) is 2. The highest BCUT2D eigenvalue weighted by molar-refractivity contribution is 7.80. The Balaban J connectivity index is 2.27. The van der Waals surface area contributed by atoms with Crippen molar-refractivity contribution in [2.24, 2.45) is 17.4 Å². The Hall–Kier alpha value is -1.21. The first-order chi connectivity index (χ1) is 9.38. The van der Waals surface area contributed by atoms with Gasteiger partial charge in [-0.2, -0.15) is 0 Å². The highest BCUT2D eigenvalue weighted by atomic mass is 32.1.